The minimum absolute atomic E-state index is 0.257. The average molecular weight is 234 g/mol. The molecule has 0 radical (unpaired) electrons. The molecule has 0 aromatic heterocycles. The molecule has 4 atom stereocenters. The maximum absolute atomic E-state index is 11.1. The van der Waals surface area contributed by atoms with Crippen LogP contribution in [-0.4, -0.2) is 35.5 Å². The molecular formula is C13H14O4. The van der Waals surface area contributed by atoms with Gasteiger partial charge in [-0.1, -0.05) is 30.3 Å². The van der Waals surface area contributed by atoms with E-state index in [2.05, 4.69) is 0 Å². The molecule has 17 heavy (non-hydrogen) atoms. The van der Waals surface area contributed by atoms with E-state index in [0.717, 1.165) is 5.56 Å². The van der Waals surface area contributed by atoms with Gasteiger partial charge in [0.15, 0.2) is 6.10 Å². The van der Waals surface area contributed by atoms with Gasteiger partial charge in [0.2, 0.25) is 0 Å². The Morgan fingerprint density at radius 3 is 2.76 bits per heavy atom. The summed E-state index contributed by atoms with van der Waals surface area (Å²) in [5, 5.41) is 10.0. The summed E-state index contributed by atoms with van der Waals surface area (Å²) >= 11 is 0. The van der Waals surface area contributed by atoms with Crippen LogP contribution in [0.3, 0.4) is 0 Å². The van der Waals surface area contributed by atoms with Gasteiger partial charge in [-0.25, -0.2) is 0 Å². The number of ether oxygens (including phenoxy) is 2. The third-order valence-electron chi connectivity index (χ3n) is 3.35. The first-order valence-corrected chi connectivity index (χ1v) is 5.81. The summed E-state index contributed by atoms with van der Waals surface area (Å²) in [5.74, 6) is -0.280. The molecule has 2 aliphatic rings. The molecule has 1 aromatic carbocycles. The van der Waals surface area contributed by atoms with Gasteiger partial charge in [0.05, 0.1) is 12.5 Å². The minimum atomic E-state index is -0.716. The van der Waals surface area contributed by atoms with Crippen LogP contribution in [-0.2, 0) is 20.7 Å². The van der Waals surface area contributed by atoms with Crippen molar-refractivity contribution in [2.45, 2.75) is 37.3 Å². The molecular weight excluding hydrogens is 220 g/mol. The standard InChI is InChI=1S/C13H14O4/c14-11-7-10-13(17-11)12(15)9(16-10)6-8-4-2-1-3-5-8/h1-5,9-10,12-13,15H,6-7H2/t9-,10-,12+,13+/m1/s1. The molecule has 4 nitrogen and oxygen atoms in total. The molecule has 2 saturated heterocycles. The number of hydrogen-bond donors (Lipinski definition) is 1. The Hall–Kier alpha value is -1.39. The fraction of sp³-hybridized carbons (Fsp3) is 0.462. The number of benzene rings is 1. The fourth-order valence-corrected chi connectivity index (χ4v) is 2.50. The second-order valence-corrected chi connectivity index (χ2v) is 4.55. The van der Waals surface area contributed by atoms with Gasteiger partial charge in [-0.15, -0.1) is 0 Å². The number of fused-ring (bicyclic) bond motifs is 1. The van der Waals surface area contributed by atoms with E-state index >= 15 is 0 Å². The van der Waals surface area contributed by atoms with Gasteiger partial charge < -0.3 is 14.6 Å². The lowest BCUT2D eigenvalue weighted by Gasteiger charge is -2.16. The summed E-state index contributed by atoms with van der Waals surface area (Å²) in [5.41, 5.74) is 1.11. The van der Waals surface area contributed by atoms with Crippen LogP contribution in [0.2, 0.25) is 0 Å². The summed E-state index contributed by atoms with van der Waals surface area (Å²) in [6, 6.07) is 9.85. The van der Waals surface area contributed by atoms with Crippen LogP contribution in [0.15, 0.2) is 30.3 Å². The molecule has 0 unspecified atom stereocenters. The van der Waals surface area contributed by atoms with E-state index in [-0.39, 0.29) is 24.6 Å². The quantitative estimate of drug-likeness (QED) is 0.764. The summed E-state index contributed by atoms with van der Waals surface area (Å²) in [6.45, 7) is 0. The van der Waals surface area contributed by atoms with Crippen LogP contribution in [0, 0.1) is 0 Å². The second-order valence-electron chi connectivity index (χ2n) is 4.55. The summed E-state index contributed by atoms with van der Waals surface area (Å²) in [6.07, 6.45) is -0.839. The topological polar surface area (TPSA) is 55.8 Å². The predicted molar refractivity (Wildman–Crippen MR) is 59.3 cm³/mol. The summed E-state index contributed by atoms with van der Waals surface area (Å²) in [4.78, 5) is 11.1. The van der Waals surface area contributed by atoms with Crippen molar-refractivity contribution in [2.24, 2.45) is 0 Å². The van der Waals surface area contributed by atoms with Gasteiger partial charge >= 0.3 is 5.97 Å². The van der Waals surface area contributed by atoms with E-state index in [1.54, 1.807) is 0 Å². The van der Waals surface area contributed by atoms with Gasteiger partial charge in [0, 0.05) is 6.42 Å². The van der Waals surface area contributed by atoms with Crippen LogP contribution >= 0.6 is 0 Å². The van der Waals surface area contributed by atoms with Crippen LogP contribution in [0.25, 0.3) is 0 Å². The Balaban J connectivity index is 1.69. The van der Waals surface area contributed by atoms with Crippen molar-refractivity contribution in [1.82, 2.24) is 0 Å². The van der Waals surface area contributed by atoms with Crippen molar-refractivity contribution >= 4 is 5.97 Å². The van der Waals surface area contributed by atoms with Crippen LogP contribution in [0.1, 0.15) is 12.0 Å². The largest absolute Gasteiger partial charge is 0.457 e. The van der Waals surface area contributed by atoms with E-state index in [1.165, 1.54) is 0 Å². The molecule has 2 fully saturated rings. The smallest absolute Gasteiger partial charge is 0.309 e. The number of hydrogen-bond acceptors (Lipinski definition) is 4. The van der Waals surface area contributed by atoms with Crippen molar-refractivity contribution < 1.29 is 19.4 Å². The van der Waals surface area contributed by atoms with Gasteiger partial charge in [-0.3, -0.25) is 4.79 Å². The molecule has 1 aromatic rings. The van der Waals surface area contributed by atoms with E-state index in [0.29, 0.717) is 6.42 Å². The number of carbonyl (C=O) groups is 1. The highest BCUT2D eigenvalue weighted by Crippen LogP contribution is 2.32. The van der Waals surface area contributed by atoms with Crippen LogP contribution in [0.4, 0.5) is 0 Å². The molecule has 2 heterocycles. The van der Waals surface area contributed by atoms with Crippen molar-refractivity contribution in [2.75, 3.05) is 0 Å². The van der Waals surface area contributed by atoms with Gasteiger partial charge in [0.25, 0.3) is 0 Å². The van der Waals surface area contributed by atoms with Crippen molar-refractivity contribution in [3.63, 3.8) is 0 Å². The molecule has 0 amide bonds. The monoisotopic (exact) mass is 234 g/mol. The SMILES string of the molecule is O=C1C[C@H]2O[C@H](Cc3ccccc3)[C@H](O)[C@H]2O1. The number of carbonyl (C=O) groups excluding carboxylic acids is 1. The van der Waals surface area contributed by atoms with Gasteiger partial charge in [-0.05, 0) is 5.56 Å². The molecule has 2 aliphatic heterocycles. The lowest BCUT2D eigenvalue weighted by molar-refractivity contribution is -0.145. The Kier molecular flexibility index (Phi) is 2.61. The highest BCUT2D eigenvalue weighted by atomic mass is 16.6. The van der Waals surface area contributed by atoms with E-state index < -0.39 is 12.2 Å². The third kappa shape index (κ3) is 1.94. The molecule has 1 N–H and O–H groups in total. The Bertz CT molecular complexity index is 417. The first kappa shape index (κ1) is 10.7. The zero-order valence-corrected chi connectivity index (χ0v) is 9.28. The van der Waals surface area contributed by atoms with Crippen LogP contribution in [0.5, 0.6) is 0 Å². The molecule has 90 valence electrons. The second kappa shape index (κ2) is 4.13. The number of esters is 1. The Morgan fingerprint density at radius 1 is 1.29 bits per heavy atom. The molecule has 4 heteroatoms. The summed E-state index contributed by atoms with van der Waals surface area (Å²) in [7, 11) is 0. The Morgan fingerprint density at radius 2 is 2.06 bits per heavy atom. The van der Waals surface area contributed by atoms with Crippen molar-refractivity contribution in [1.29, 1.82) is 0 Å². The van der Waals surface area contributed by atoms with Crippen molar-refractivity contribution in [3.8, 4) is 0 Å². The van der Waals surface area contributed by atoms with E-state index in [9.17, 15) is 9.90 Å². The number of rotatable bonds is 2. The highest BCUT2D eigenvalue weighted by Gasteiger charge is 2.50. The number of aliphatic hydroxyl groups excluding tert-OH is 1. The summed E-state index contributed by atoms with van der Waals surface area (Å²) < 4.78 is 10.7. The maximum atomic E-state index is 11.1. The molecule has 0 aliphatic carbocycles. The minimum Gasteiger partial charge on any atom is -0.457 e. The Labute approximate surface area is 99.2 Å². The van der Waals surface area contributed by atoms with Crippen LogP contribution < -0.4 is 0 Å². The molecule has 0 saturated carbocycles. The zero-order valence-electron chi connectivity index (χ0n) is 9.28. The maximum Gasteiger partial charge on any atom is 0.309 e. The fourth-order valence-electron chi connectivity index (χ4n) is 2.50. The first-order valence-electron chi connectivity index (χ1n) is 5.81. The number of aliphatic hydroxyl groups is 1. The first-order chi connectivity index (χ1) is 8.24. The van der Waals surface area contributed by atoms with E-state index in [4.69, 9.17) is 9.47 Å². The van der Waals surface area contributed by atoms with Gasteiger partial charge in [0.1, 0.15) is 12.2 Å². The van der Waals surface area contributed by atoms with Crippen molar-refractivity contribution in [3.05, 3.63) is 35.9 Å². The van der Waals surface area contributed by atoms with Gasteiger partial charge in [-0.2, -0.15) is 0 Å². The zero-order chi connectivity index (χ0) is 11.8. The third-order valence-corrected chi connectivity index (χ3v) is 3.35. The highest BCUT2D eigenvalue weighted by molar-refractivity contribution is 5.73. The normalized spacial score (nSPS) is 35.7. The predicted octanol–water partition coefficient (Wildman–Crippen LogP) is 0.673. The lowest BCUT2D eigenvalue weighted by atomic mass is 10.0. The molecule has 0 bridgehead atoms. The lowest BCUT2D eigenvalue weighted by Crippen LogP contribution is -2.33. The average Bonchev–Trinajstić information content (AvgIpc) is 2.81. The molecule has 0 spiro atoms. The molecule has 3 rings (SSSR count). The van der Waals surface area contributed by atoms with E-state index in [1.807, 2.05) is 30.3 Å².